The lowest BCUT2D eigenvalue weighted by Gasteiger charge is -2.07. The predicted octanol–water partition coefficient (Wildman–Crippen LogP) is 3.24. The maximum atomic E-state index is 11.6. The van der Waals surface area contributed by atoms with Gasteiger partial charge >= 0.3 is 0 Å². The van der Waals surface area contributed by atoms with Crippen molar-refractivity contribution < 1.29 is 4.79 Å². The van der Waals surface area contributed by atoms with Crippen molar-refractivity contribution in [2.75, 3.05) is 18.4 Å². The van der Waals surface area contributed by atoms with Gasteiger partial charge in [-0.2, -0.15) is 0 Å². The summed E-state index contributed by atoms with van der Waals surface area (Å²) >= 11 is 4.97. The molecule has 1 amide bonds. The van der Waals surface area contributed by atoms with Crippen LogP contribution in [0.1, 0.15) is 13.8 Å². The maximum Gasteiger partial charge on any atom is 0.239 e. The first-order valence-corrected chi connectivity index (χ1v) is 7.72. The summed E-state index contributed by atoms with van der Waals surface area (Å²) < 4.78 is 2.11. The molecule has 6 heteroatoms. The number of nitrogens with zero attached hydrogens (tertiary/aromatic N) is 1. The Labute approximate surface area is 124 Å². The van der Waals surface area contributed by atoms with E-state index in [2.05, 4.69) is 45.4 Å². The topological polar surface area (TPSA) is 54.0 Å². The molecular formula is C13H16BrN3OS. The number of hydrogen-bond acceptors (Lipinski definition) is 4. The van der Waals surface area contributed by atoms with Gasteiger partial charge in [-0.3, -0.25) is 4.79 Å². The van der Waals surface area contributed by atoms with E-state index in [1.54, 1.807) is 11.3 Å². The molecule has 102 valence electrons. The number of carbonyl (C=O) groups is 1. The Morgan fingerprint density at radius 1 is 1.47 bits per heavy atom. The van der Waals surface area contributed by atoms with Crippen molar-refractivity contribution in [2.45, 2.75) is 13.8 Å². The summed E-state index contributed by atoms with van der Waals surface area (Å²) in [6.07, 6.45) is 0. The van der Waals surface area contributed by atoms with Gasteiger partial charge in [-0.05, 0) is 24.1 Å². The second-order valence-corrected chi connectivity index (χ2v) is 6.63. The van der Waals surface area contributed by atoms with E-state index in [0.717, 1.165) is 19.8 Å². The Bertz CT molecular complexity index is 582. The van der Waals surface area contributed by atoms with Gasteiger partial charge in [0.25, 0.3) is 0 Å². The Balaban J connectivity index is 1.92. The number of nitrogens with one attached hydrogen (secondary N) is 2. The van der Waals surface area contributed by atoms with Gasteiger partial charge in [-0.25, -0.2) is 4.98 Å². The molecule has 1 heterocycles. The van der Waals surface area contributed by atoms with E-state index in [0.29, 0.717) is 12.5 Å². The predicted molar refractivity (Wildman–Crippen MR) is 83.7 cm³/mol. The van der Waals surface area contributed by atoms with Crippen molar-refractivity contribution in [3.05, 3.63) is 22.7 Å². The third-order valence-corrected chi connectivity index (χ3v) is 3.94. The summed E-state index contributed by atoms with van der Waals surface area (Å²) in [4.78, 5) is 16.0. The number of carbonyl (C=O) groups excluding carboxylic acids is 1. The zero-order chi connectivity index (χ0) is 13.8. The summed E-state index contributed by atoms with van der Waals surface area (Å²) in [6, 6.07) is 5.97. The monoisotopic (exact) mass is 341 g/mol. The van der Waals surface area contributed by atoms with E-state index in [1.165, 1.54) is 0 Å². The van der Waals surface area contributed by atoms with Gasteiger partial charge in [0.15, 0.2) is 5.13 Å². The SMILES string of the molecule is CC(C)CNC(=O)CNc1nc2cc(Br)ccc2s1. The molecule has 1 aromatic heterocycles. The van der Waals surface area contributed by atoms with Crippen LogP contribution in [0.4, 0.5) is 5.13 Å². The highest BCUT2D eigenvalue weighted by Gasteiger charge is 2.06. The Hall–Kier alpha value is -1.14. The van der Waals surface area contributed by atoms with Crippen LogP contribution < -0.4 is 10.6 Å². The van der Waals surface area contributed by atoms with Crippen LogP contribution in [0.2, 0.25) is 0 Å². The average molecular weight is 342 g/mol. The van der Waals surface area contributed by atoms with E-state index in [1.807, 2.05) is 18.2 Å². The lowest BCUT2D eigenvalue weighted by atomic mass is 10.2. The molecule has 0 saturated heterocycles. The van der Waals surface area contributed by atoms with Crippen LogP contribution in [0, 0.1) is 5.92 Å². The number of fused-ring (bicyclic) bond motifs is 1. The molecule has 0 fully saturated rings. The standard InChI is InChI=1S/C13H16BrN3OS/c1-8(2)6-15-12(18)7-16-13-17-10-5-9(14)3-4-11(10)19-13/h3-5,8H,6-7H2,1-2H3,(H,15,18)(H,16,17). The second kappa shape index (κ2) is 6.34. The molecule has 0 radical (unpaired) electrons. The van der Waals surface area contributed by atoms with Crippen LogP contribution in [-0.4, -0.2) is 24.0 Å². The van der Waals surface area contributed by atoms with Crippen molar-refractivity contribution in [2.24, 2.45) is 5.92 Å². The van der Waals surface area contributed by atoms with E-state index in [-0.39, 0.29) is 12.5 Å². The minimum Gasteiger partial charge on any atom is -0.354 e. The molecule has 2 N–H and O–H groups in total. The lowest BCUT2D eigenvalue weighted by molar-refractivity contribution is -0.119. The van der Waals surface area contributed by atoms with Crippen molar-refractivity contribution in [1.82, 2.24) is 10.3 Å². The van der Waals surface area contributed by atoms with E-state index >= 15 is 0 Å². The number of anilines is 1. The Morgan fingerprint density at radius 3 is 3.00 bits per heavy atom. The minimum absolute atomic E-state index is 0.00543. The molecule has 4 nitrogen and oxygen atoms in total. The van der Waals surface area contributed by atoms with Crippen LogP contribution in [0.25, 0.3) is 10.2 Å². The molecule has 1 aromatic carbocycles. The smallest absolute Gasteiger partial charge is 0.239 e. The Kier molecular flexibility index (Phi) is 4.76. The van der Waals surface area contributed by atoms with Crippen molar-refractivity contribution in [3.8, 4) is 0 Å². The lowest BCUT2D eigenvalue weighted by Crippen LogP contribution is -2.32. The first-order chi connectivity index (χ1) is 9.04. The van der Waals surface area contributed by atoms with Crippen LogP contribution in [0.15, 0.2) is 22.7 Å². The summed E-state index contributed by atoms with van der Waals surface area (Å²) in [5, 5.41) is 6.69. The van der Waals surface area contributed by atoms with Crippen LogP contribution in [0.5, 0.6) is 0 Å². The highest BCUT2D eigenvalue weighted by molar-refractivity contribution is 9.10. The largest absolute Gasteiger partial charge is 0.354 e. The molecule has 0 aliphatic rings. The molecule has 0 aliphatic heterocycles. The van der Waals surface area contributed by atoms with Gasteiger partial charge in [0.2, 0.25) is 5.91 Å². The molecule has 0 spiro atoms. The summed E-state index contributed by atoms with van der Waals surface area (Å²) in [5.41, 5.74) is 0.935. The highest BCUT2D eigenvalue weighted by Crippen LogP contribution is 2.27. The number of thiazole rings is 1. The average Bonchev–Trinajstić information content (AvgIpc) is 2.75. The van der Waals surface area contributed by atoms with Crippen molar-refractivity contribution in [3.63, 3.8) is 0 Å². The fraction of sp³-hybridized carbons (Fsp3) is 0.385. The summed E-state index contributed by atoms with van der Waals surface area (Å²) in [6.45, 7) is 5.10. The normalized spacial score (nSPS) is 10.9. The third-order valence-electron chi connectivity index (χ3n) is 2.46. The number of amides is 1. The molecular weight excluding hydrogens is 326 g/mol. The number of hydrogen-bond donors (Lipinski definition) is 2. The van der Waals surface area contributed by atoms with Crippen molar-refractivity contribution >= 4 is 48.5 Å². The quantitative estimate of drug-likeness (QED) is 0.877. The van der Waals surface area contributed by atoms with Crippen LogP contribution in [-0.2, 0) is 4.79 Å². The molecule has 0 bridgehead atoms. The molecule has 19 heavy (non-hydrogen) atoms. The van der Waals surface area contributed by atoms with Gasteiger partial charge in [-0.1, -0.05) is 41.1 Å². The minimum atomic E-state index is -0.00543. The number of aromatic nitrogens is 1. The zero-order valence-electron chi connectivity index (χ0n) is 10.9. The van der Waals surface area contributed by atoms with Crippen LogP contribution >= 0.6 is 27.3 Å². The third kappa shape index (κ3) is 4.18. The van der Waals surface area contributed by atoms with Gasteiger partial charge in [-0.15, -0.1) is 0 Å². The number of benzene rings is 1. The highest BCUT2D eigenvalue weighted by atomic mass is 79.9. The fourth-order valence-corrected chi connectivity index (χ4v) is 2.70. The van der Waals surface area contributed by atoms with E-state index < -0.39 is 0 Å². The number of halogens is 1. The molecule has 0 aliphatic carbocycles. The number of rotatable bonds is 5. The van der Waals surface area contributed by atoms with Gasteiger partial charge < -0.3 is 10.6 Å². The summed E-state index contributed by atoms with van der Waals surface area (Å²) in [5.74, 6) is 0.456. The molecule has 2 aromatic rings. The van der Waals surface area contributed by atoms with E-state index in [9.17, 15) is 4.79 Å². The zero-order valence-corrected chi connectivity index (χ0v) is 13.3. The van der Waals surface area contributed by atoms with E-state index in [4.69, 9.17) is 0 Å². The Morgan fingerprint density at radius 2 is 2.26 bits per heavy atom. The van der Waals surface area contributed by atoms with Gasteiger partial charge in [0, 0.05) is 11.0 Å². The van der Waals surface area contributed by atoms with Crippen molar-refractivity contribution in [1.29, 1.82) is 0 Å². The molecule has 0 atom stereocenters. The fourth-order valence-electron chi connectivity index (χ4n) is 1.51. The first-order valence-electron chi connectivity index (χ1n) is 6.11. The van der Waals surface area contributed by atoms with Gasteiger partial charge in [0.05, 0.1) is 16.8 Å². The molecule has 0 saturated carbocycles. The first kappa shape index (κ1) is 14.3. The second-order valence-electron chi connectivity index (χ2n) is 4.68. The summed E-state index contributed by atoms with van der Waals surface area (Å²) in [7, 11) is 0. The van der Waals surface area contributed by atoms with Crippen LogP contribution in [0.3, 0.4) is 0 Å². The molecule has 0 unspecified atom stereocenters. The maximum absolute atomic E-state index is 11.6. The molecule has 2 rings (SSSR count). The van der Waals surface area contributed by atoms with Gasteiger partial charge in [0.1, 0.15) is 0 Å².